The second-order valence-electron chi connectivity index (χ2n) is 4.61. The third kappa shape index (κ3) is 3.05. The summed E-state index contributed by atoms with van der Waals surface area (Å²) in [5.74, 6) is 0.393. The van der Waals surface area contributed by atoms with Crippen LogP contribution < -0.4 is 5.32 Å². The molecule has 1 aromatic rings. The maximum absolute atomic E-state index is 9.39. The van der Waals surface area contributed by atoms with Crippen LogP contribution in [0.3, 0.4) is 0 Å². The molecule has 0 amide bonds. The van der Waals surface area contributed by atoms with E-state index in [1.54, 1.807) is 11.3 Å². The Morgan fingerprint density at radius 1 is 1.35 bits per heavy atom. The van der Waals surface area contributed by atoms with Crippen molar-refractivity contribution in [2.24, 2.45) is 5.92 Å². The second-order valence-corrected chi connectivity index (χ2v) is 5.59. The number of aliphatic hydroxyl groups is 3. The molecule has 0 unspecified atom stereocenters. The topological polar surface area (TPSA) is 72.7 Å². The Bertz CT molecular complexity index is 321. The lowest BCUT2D eigenvalue weighted by Gasteiger charge is -2.39. The van der Waals surface area contributed by atoms with Gasteiger partial charge in [-0.05, 0) is 30.2 Å². The van der Waals surface area contributed by atoms with Gasteiger partial charge in [-0.15, -0.1) is 11.3 Å². The number of hydrogen-bond donors (Lipinski definition) is 4. The van der Waals surface area contributed by atoms with Gasteiger partial charge in [0.1, 0.15) is 0 Å². The quantitative estimate of drug-likeness (QED) is 0.599. The van der Waals surface area contributed by atoms with Gasteiger partial charge in [0, 0.05) is 10.9 Å². The van der Waals surface area contributed by atoms with Crippen molar-refractivity contribution in [1.82, 2.24) is 5.32 Å². The van der Waals surface area contributed by atoms with Gasteiger partial charge < -0.3 is 20.6 Å². The normalized spacial score (nSPS) is 25.9. The van der Waals surface area contributed by atoms with Gasteiger partial charge in [-0.2, -0.15) is 0 Å². The number of hydrogen-bond acceptors (Lipinski definition) is 5. The van der Waals surface area contributed by atoms with Gasteiger partial charge in [0.2, 0.25) is 0 Å². The third-order valence-electron chi connectivity index (χ3n) is 3.33. The fourth-order valence-corrected chi connectivity index (χ4v) is 3.12. The maximum atomic E-state index is 9.39. The highest BCUT2D eigenvalue weighted by atomic mass is 32.1. The van der Waals surface area contributed by atoms with E-state index >= 15 is 0 Å². The number of thiophene rings is 1. The summed E-state index contributed by atoms with van der Waals surface area (Å²) in [6, 6.07) is 3.89. The zero-order chi connectivity index (χ0) is 12.3. The standard InChI is InChI=1S/C12H19NO3S/c14-6-9(7-15)13-12(8-4-10(16)5-8)11-2-1-3-17-11/h1-3,8-10,12-16H,4-7H2/t8?,10?,12-/m1/s1. The first-order valence-electron chi connectivity index (χ1n) is 5.93. The molecule has 1 aliphatic rings. The Morgan fingerprint density at radius 3 is 2.53 bits per heavy atom. The highest BCUT2D eigenvalue weighted by Gasteiger charge is 2.35. The van der Waals surface area contributed by atoms with Gasteiger partial charge in [0.15, 0.2) is 0 Å². The van der Waals surface area contributed by atoms with Crippen LogP contribution in [0.5, 0.6) is 0 Å². The van der Waals surface area contributed by atoms with E-state index in [2.05, 4.69) is 11.4 Å². The van der Waals surface area contributed by atoms with E-state index in [1.807, 2.05) is 11.4 Å². The van der Waals surface area contributed by atoms with E-state index in [0.717, 1.165) is 12.8 Å². The average molecular weight is 257 g/mol. The van der Waals surface area contributed by atoms with Crippen LogP contribution in [0.4, 0.5) is 0 Å². The smallest absolute Gasteiger partial charge is 0.0607 e. The van der Waals surface area contributed by atoms with Crippen molar-refractivity contribution >= 4 is 11.3 Å². The SMILES string of the molecule is OCC(CO)N[C@@H](c1cccs1)C1CC(O)C1. The second kappa shape index (κ2) is 5.93. The van der Waals surface area contributed by atoms with Crippen LogP contribution in [0.2, 0.25) is 0 Å². The zero-order valence-corrected chi connectivity index (χ0v) is 10.4. The van der Waals surface area contributed by atoms with Gasteiger partial charge in [-0.3, -0.25) is 0 Å². The third-order valence-corrected chi connectivity index (χ3v) is 4.28. The summed E-state index contributed by atoms with van der Waals surface area (Å²) >= 11 is 1.67. The minimum Gasteiger partial charge on any atom is -0.395 e. The summed E-state index contributed by atoms with van der Waals surface area (Å²) in [7, 11) is 0. The van der Waals surface area contributed by atoms with E-state index in [1.165, 1.54) is 4.88 Å². The lowest BCUT2D eigenvalue weighted by atomic mass is 9.76. The molecule has 4 nitrogen and oxygen atoms in total. The van der Waals surface area contributed by atoms with E-state index in [4.69, 9.17) is 10.2 Å². The predicted octanol–water partition coefficient (Wildman–Crippen LogP) is 0.503. The monoisotopic (exact) mass is 257 g/mol. The molecule has 0 spiro atoms. The fraction of sp³-hybridized carbons (Fsp3) is 0.667. The molecule has 0 aromatic carbocycles. The Labute approximate surface area is 105 Å². The van der Waals surface area contributed by atoms with E-state index in [0.29, 0.717) is 5.92 Å². The zero-order valence-electron chi connectivity index (χ0n) is 9.62. The van der Waals surface area contributed by atoms with E-state index < -0.39 is 0 Å². The molecule has 1 atom stereocenters. The number of nitrogens with one attached hydrogen (secondary N) is 1. The molecule has 0 bridgehead atoms. The van der Waals surface area contributed by atoms with E-state index in [-0.39, 0.29) is 31.4 Å². The van der Waals surface area contributed by atoms with Crippen molar-refractivity contribution in [2.75, 3.05) is 13.2 Å². The molecule has 0 aliphatic heterocycles. The first kappa shape index (κ1) is 13.0. The summed E-state index contributed by atoms with van der Waals surface area (Å²) in [6.45, 7) is -0.151. The average Bonchev–Trinajstić information content (AvgIpc) is 2.81. The molecule has 0 saturated heterocycles. The van der Waals surface area contributed by atoms with Crippen LogP contribution in [0.15, 0.2) is 17.5 Å². The summed E-state index contributed by atoms with van der Waals surface area (Å²) in [6.07, 6.45) is 1.39. The largest absolute Gasteiger partial charge is 0.395 e. The number of rotatable bonds is 6. The summed E-state index contributed by atoms with van der Waals surface area (Å²) in [4.78, 5) is 1.20. The molecule has 96 valence electrons. The van der Waals surface area contributed by atoms with Crippen molar-refractivity contribution in [3.05, 3.63) is 22.4 Å². The van der Waals surface area contributed by atoms with Crippen molar-refractivity contribution in [2.45, 2.75) is 31.0 Å². The van der Waals surface area contributed by atoms with Gasteiger partial charge >= 0.3 is 0 Å². The molecule has 5 heteroatoms. The van der Waals surface area contributed by atoms with Crippen LogP contribution in [-0.4, -0.2) is 40.7 Å². The van der Waals surface area contributed by atoms with Crippen LogP contribution in [0.1, 0.15) is 23.8 Å². The van der Waals surface area contributed by atoms with E-state index in [9.17, 15) is 5.11 Å². The molecular formula is C12H19NO3S. The summed E-state index contributed by atoms with van der Waals surface area (Å²) in [5.41, 5.74) is 0. The number of aliphatic hydroxyl groups excluding tert-OH is 3. The molecule has 4 N–H and O–H groups in total. The molecule has 0 radical (unpaired) electrons. The first-order valence-corrected chi connectivity index (χ1v) is 6.81. The molecule has 17 heavy (non-hydrogen) atoms. The van der Waals surface area contributed by atoms with Gasteiger partial charge in [0.05, 0.1) is 25.4 Å². The molecule has 1 aliphatic carbocycles. The van der Waals surface area contributed by atoms with Crippen molar-refractivity contribution < 1.29 is 15.3 Å². The minimum atomic E-state index is -0.292. The predicted molar refractivity (Wildman–Crippen MR) is 66.9 cm³/mol. The maximum Gasteiger partial charge on any atom is 0.0607 e. The summed E-state index contributed by atoms with van der Waals surface area (Å²) in [5, 5.41) is 32.9. The molecule has 1 saturated carbocycles. The Morgan fingerprint density at radius 2 is 2.06 bits per heavy atom. The van der Waals surface area contributed by atoms with Gasteiger partial charge in [-0.25, -0.2) is 0 Å². The molecule has 1 fully saturated rings. The van der Waals surface area contributed by atoms with Crippen LogP contribution in [0.25, 0.3) is 0 Å². The van der Waals surface area contributed by atoms with Crippen molar-refractivity contribution in [3.63, 3.8) is 0 Å². The molecule has 1 heterocycles. The van der Waals surface area contributed by atoms with Gasteiger partial charge in [0.25, 0.3) is 0 Å². The molecule has 1 aromatic heterocycles. The molecule has 2 rings (SSSR count). The fourth-order valence-electron chi connectivity index (χ4n) is 2.24. The van der Waals surface area contributed by atoms with Crippen molar-refractivity contribution in [1.29, 1.82) is 0 Å². The minimum absolute atomic E-state index is 0.0757. The first-order chi connectivity index (χ1) is 8.24. The summed E-state index contributed by atoms with van der Waals surface area (Å²) < 4.78 is 0. The van der Waals surface area contributed by atoms with Crippen LogP contribution >= 0.6 is 11.3 Å². The van der Waals surface area contributed by atoms with Crippen LogP contribution in [-0.2, 0) is 0 Å². The van der Waals surface area contributed by atoms with Crippen molar-refractivity contribution in [3.8, 4) is 0 Å². The highest BCUT2D eigenvalue weighted by molar-refractivity contribution is 7.10. The molecular weight excluding hydrogens is 238 g/mol. The Balaban J connectivity index is 2.02. The van der Waals surface area contributed by atoms with Crippen LogP contribution in [0, 0.1) is 5.92 Å². The highest BCUT2D eigenvalue weighted by Crippen LogP contribution is 2.39. The van der Waals surface area contributed by atoms with Gasteiger partial charge in [-0.1, -0.05) is 6.07 Å². The Hall–Kier alpha value is -0.460. The lowest BCUT2D eigenvalue weighted by molar-refractivity contribution is 0.0184. The Kier molecular flexibility index (Phi) is 4.53. The lowest BCUT2D eigenvalue weighted by Crippen LogP contribution is -2.45.